The molecule has 6 nitrogen and oxygen atoms in total. The van der Waals surface area contributed by atoms with Crippen molar-refractivity contribution in [2.24, 2.45) is 5.92 Å². The van der Waals surface area contributed by atoms with E-state index in [-0.39, 0.29) is 29.7 Å². The van der Waals surface area contributed by atoms with Gasteiger partial charge in [-0.3, -0.25) is 14.4 Å². The molecule has 0 aliphatic carbocycles. The van der Waals surface area contributed by atoms with E-state index in [1.54, 1.807) is 6.07 Å². The molecule has 34 heavy (non-hydrogen) atoms. The maximum absolute atomic E-state index is 13.1. The van der Waals surface area contributed by atoms with E-state index in [0.29, 0.717) is 37.9 Å². The standard InChI is InChI=1S/C28H37N3O3/c1-4-21(3)29-28(34)26(30-27(33)24-12-8-9-20(2)19-24)23-15-17-31(18-16-23)25(32)14-13-22-10-6-5-7-11-22/h5-12,19,21,23,26H,4,13-18H2,1-3H3,(H,29,34)(H,30,33)/t21-,26-/m1/s1. The summed E-state index contributed by atoms with van der Waals surface area (Å²) in [5.74, 6) is -0.263. The van der Waals surface area contributed by atoms with Gasteiger partial charge in [0.2, 0.25) is 11.8 Å². The highest BCUT2D eigenvalue weighted by molar-refractivity contribution is 5.97. The van der Waals surface area contributed by atoms with Crippen molar-refractivity contribution in [3.8, 4) is 0 Å². The molecule has 2 aromatic carbocycles. The predicted molar refractivity (Wildman–Crippen MR) is 134 cm³/mol. The molecule has 3 rings (SSSR count). The van der Waals surface area contributed by atoms with Gasteiger partial charge in [-0.2, -0.15) is 0 Å². The number of piperidine rings is 1. The van der Waals surface area contributed by atoms with Crippen LogP contribution >= 0.6 is 0 Å². The monoisotopic (exact) mass is 463 g/mol. The number of amides is 3. The highest BCUT2D eigenvalue weighted by Gasteiger charge is 2.34. The van der Waals surface area contributed by atoms with Crippen LogP contribution in [0.4, 0.5) is 0 Å². The maximum Gasteiger partial charge on any atom is 0.251 e. The van der Waals surface area contributed by atoms with Crippen LogP contribution in [0, 0.1) is 12.8 Å². The third kappa shape index (κ3) is 7.17. The molecule has 0 aromatic heterocycles. The van der Waals surface area contributed by atoms with Gasteiger partial charge in [0.15, 0.2) is 0 Å². The Morgan fingerprint density at radius 3 is 2.35 bits per heavy atom. The van der Waals surface area contributed by atoms with Crippen LogP contribution < -0.4 is 10.6 Å². The van der Waals surface area contributed by atoms with Gasteiger partial charge in [-0.1, -0.05) is 55.0 Å². The maximum atomic E-state index is 13.1. The van der Waals surface area contributed by atoms with Crippen molar-refractivity contribution in [1.82, 2.24) is 15.5 Å². The molecular formula is C28H37N3O3. The van der Waals surface area contributed by atoms with Crippen LogP contribution in [0.1, 0.15) is 61.0 Å². The summed E-state index contributed by atoms with van der Waals surface area (Å²) in [6, 6.07) is 16.8. The minimum absolute atomic E-state index is 0.0176. The number of hydrogen-bond donors (Lipinski definition) is 2. The number of carbonyl (C=O) groups excluding carboxylic acids is 3. The lowest BCUT2D eigenvalue weighted by atomic mass is 9.88. The van der Waals surface area contributed by atoms with Crippen LogP contribution in [0.2, 0.25) is 0 Å². The van der Waals surface area contributed by atoms with Gasteiger partial charge in [0.1, 0.15) is 6.04 Å². The lowest BCUT2D eigenvalue weighted by Crippen LogP contribution is -2.55. The third-order valence-corrected chi connectivity index (χ3v) is 6.68. The smallest absolute Gasteiger partial charge is 0.251 e. The molecule has 0 spiro atoms. The van der Waals surface area contributed by atoms with E-state index in [0.717, 1.165) is 24.0 Å². The Kier molecular flexibility index (Phi) is 9.25. The summed E-state index contributed by atoms with van der Waals surface area (Å²) in [4.78, 5) is 40.7. The Bertz CT molecular complexity index is 968. The molecule has 1 aliphatic rings. The normalized spacial score (nSPS) is 15.9. The van der Waals surface area contributed by atoms with Gasteiger partial charge in [-0.15, -0.1) is 0 Å². The Morgan fingerprint density at radius 2 is 1.71 bits per heavy atom. The molecule has 1 saturated heterocycles. The van der Waals surface area contributed by atoms with E-state index in [1.807, 2.05) is 74.2 Å². The molecule has 6 heteroatoms. The fraction of sp³-hybridized carbons (Fsp3) is 0.464. The Morgan fingerprint density at radius 1 is 1.00 bits per heavy atom. The molecule has 0 saturated carbocycles. The number of aryl methyl sites for hydroxylation is 2. The average Bonchev–Trinajstić information content (AvgIpc) is 2.86. The SMILES string of the molecule is CC[C@@H](C)NC(=O)[C@H](NC(=O)c1cccc(C)c1)C1CCN(C(=O)CCc2ccccc2)CC1. The van der Waals surface area contributed by atoms with E-state index >= 15 is 0 Å². The molecule has 2 atom stereocenters. The summed E-state index contributed by atoms with van der Waals surface area (Å²) in [5.41, 5.74) is 2.71. The highest BCUT2D eigenvalue weighted by atomic mass is 16.2. The first kappa shape index (κ1) is 25.5. The van der Waals surface area contributed by atoms with Gasteiger partial charge in [0.25, 0.3) is 5.91 Å². The Hall–Kier alpha value is -3.15. The van der Waals surface area contributed by atoms with E-state index < -0.39 is 6.04 Å². The van der Waals surface area contributed by atoms with Gasteiger partial charge in [-0.05, 0) is 63.1 Å². The zero-order chi connectivity index (χ0) is 24.5. The van der Waals surface area contributed by atoms with Gasteiger partial charge < -0.3 is 15.5 Å². The summed E-state index contributed by atoms with van der Waals surface area (Å²) >= 11 is 0. The fourth-order valence-corrected chi connectivity index (χ4v) is 4.38. The number of hydrogen-bond acceptors (Lipinski definition) is 3. The van der Waals surface area contributed by atoms with E-state index in [2.05, 4.69) is 10.6 Å². The summed E-state index contributed by atoms with van der Waals surface area (Å²) < 4.78 is 0. The lowest BCUT2D eigenvalue weighted by molar-refractivity contribution is -0.133. The van der Waals surface area contributed by atoms with Crippen LogP contribution in [0.3, 0.4) is 0 Å². The van der Waals surface area contributed by atoms with Crippen molar-refractivity contribution >= 4 is 17.7 Å². The number of benzene rings is 2. The third-order valence-electron chi connectivity index (χ3n) is 6.68. The molecule has 1 aliphatic heterocycles. The van der Waals surface area contributed by atoms with Gasteiger partial charge >= 0.3 is 0 Å². The molecule has 1 heterocycles. The topological polar surface area (TPSA) is 78.5 Å². The molecular weight excluding hydrogens is 426 g/mol. The van der Waals surface area contributed by atoms with Crippen LogP contribution in [0.25, 0.3) is 0 Å². The first-order chi connectivity index (χ1) is 16.4. The van der Waals surface area contributed by atoms with Crippen LogP contribution in [-0.2, 0) is 16.0 Å². The van der Waals surface area contributed by atoms with Crippen molar-refractivity contribution < 1.29 is 14.4 Å². The molecule has 1 fully saturated rings. The minimum Gasteiger partial charge on any atom is -0.352 e. The zero-order valence-electron chi connectivity index (χ0n) is 20.5. The van der Waals surface area contributed by atoms with Crippen molar-refractivity contribution in [1.29, 1.82) is 0 Å². The summed E-state index contributed by atoms with van der Waals surface area (Å²) in [5, 5.41) is 6.03. The predicted octanol–water partition coefficient (Wildman–Crippen LogP) is 3.88. The van der Waals surface area contributed by atoms with Gasteiger partial charge in [0, 0.05) is 31.1 Å². The molecule has 3 amide bonds. The largest absolute Gasteiger partial charge is 0.352 e. The number of nitrogens with zero attached hydrogens (tertiary/aromatic N) is 1. The first-order valence-electron chi connectivity index (χ1n) is 12.4. The number of likely N-dealkylation sites (tertiary alicyclic amines) is 1. The number of carbonyl (C=O) groups is 3. The van der Waals surface area contributed by atoms with Crippen LogP contribution in [0.15, 0.2) is 54.6 Å². The Balaban J connectivity index is 1.61. The van der Waals surface area contributed by atoms with Crippen molar-refractivity contribution in [3.05, 3.63) is 71.3 Å². The van der Waals surface area contributed by atoms with Crippen LogP contribution in [-0.4, -0.2) is 47.8 Å². The first-order valence-corrected chi connectivity index (χ1v) is 12.4. The quantitative estimate of drug-likeness (QED) is 0.592. The molecule has 0 bridgehead atoms. The van der Waals surface area contributed by atoms with Gasteiger partial charge in [-0.25, -0.2) is 0 Å². The Labute approximate surface area is 203 Å². The molecule has 182 valence electrons. The number of nitrogens with one attached hydrogen (secondary N) is 2. The average molecular weight is 464 g/mol. The molecule has 0 unspecified atom stereocenters. The molecule has 2 N–H and O–H groups in total. The van der Waals surface area contributed by atoms with Crippen molar-refractivity contribution in [2.75, 3.05) is 13.1 Å². The number of rotatable bonds is 9. The second kappa shape index (κ2) is 12.4. The van der Waals surface area contributed by atoms with E-state index in [1.165, 1.54) is 0 Å². The van der Waals surface area contributed by atoms with E-state index in [9.17, 15) is 14.4 Å². The second-order valence-electron chi connectivity index (χ2n) is 9.34. The molecule has 2 aromatic rings. The van der Waals surface area contributed by atoms with Crippen molar-refractivity contribution in [3.63, 3.8) is 0 Å². The highest BCUT2D eigenvalue weighted by Crippen LogP contribution is 2.23. The summed E-state index contributed by atoms with van der Waals surface area (Å²) in [6.45, 7) is 7.13. The summed E-state index contributed by atoms with van der Waals surface area (Å²) in [6.07, 6.45) is 3.40. The van der Waals surface area contributed by atoms with Gasteiger partial charge in [0.05, 0.1) is 0 Å². The van der Waals surface area contributed by atoms with Crippen molar-refractivity contribution in [2.45, 2.75) is 65.0 Å². The summed E-state index contributed by atoms with van der Waals surface area (Å²) in [7, 11) is 0. The van der Waals surface area contributed by atoms with Crippen LogP contribution in [0.5, 0.6) is 0 Å². The lowest BCUT2D eigenvalue weighted by Gasteiger charge is -2.36. The van der Waals surface area contributed by atoms with E-state index in [4.69, 9.17) is 0 Å². The zero-order valence-corrected chi connectivity index (χ0v) is 20.5. The molecule has 0 radical (unpaired) electrons. The second-order valence-corrected chi connectivity index (χ2v) is 9.34. The minimum atomic E-state index is -0.622. The fourth-order valence-electron chi connectivity index (χ4n) is 4.38.